The first-order valence-electron chi connectivity index (χ1n) is 6.68. The Labute approximate surface area is 112 Å². The van der Waals surface area contributed by atoms with Crippen LogP contribution >= 0.6 is 0 Å². The molecule has 0 radical (unpaired) electrons. The maximum Gasteiger partial charge on any atom is 0.126 e. The minimum atomic E-state index is -0.223. The quantitative estimate of drug-likeness (QED) is 0.919. The highest BCUT2D eigenvalue weighted by Crippen LogP contribution is 2.39. The number of aromatic nitrogens is 2. The van der Waals surface area contributed by atoms with Gasteiger partial charge in [0.2, 0.25) is 0 Å². The molecule has 19 heavy (non-hydrogen) atoms. The van der Waals surface area contributed by atoms with Crippen LogP contribution in [0.4, 0.5) is 4.39 Å². The van der Waals surface area contributed by atoms with E-state index in [1.54, 1.807) is 6.92 Å². The number of hydrogen-bond acceptors (Lipinski definition) is 2. The Morgan fingerprint density at radius 1 is 1.42 bits per heavy atom. The van der Waals surface area contributed by atoms with Gasteiger partial charge in [0.1, 0.15) is 5.82 Å². The van der Waals surface area contributed by atoms with Crippen LogP contribution in [0, 0.1) is 12.7 Å². The molecule has 1 aliphatic carbocycles. The molecule has 0 aliphatic heterocycles. The summed E-state index contributed by atoms with van der Waals surface area (Å²) in [5.74, 6) is 0.396. The zero-order valence-corrected chi connectivity index (χ0v) is 11.2. The Bertz CT molecular complexity index is 612. The maximum absolute atomic E-state index is 13.7. The second kappa shape index (κ2) is 4.46. The Morgan fingerprint density at radius 2 is 2.16 bits per heavy atom. The second-order valence-corrected chi connectivity index (χ2v) is 5.41. The van der Waals surface area contributed by atoms with Crippen LogP contribution in [0.5, 0.6) is 0 Å². The van der Waals surface area contributed by atoms with Crippen molar-refractivity contribution in [3.8, 4) is 5.69 Å². The van der Waals surface area contributed by atoms with Crippen LogP contribution in [0.15, 0.2) is 24.4 Å². The second-order valence-electron chi connectivity index (χ2n) is 5.41. The summed E-state index contributed by atoms with van der Waals surface area (Å²) in [6.07, 6.45) is 4.38. The summed E-state index contributed by atoms with van der Waals surface area (Å²) in [7, 11) is 0. The average Bonchev–Trinajstić information content (AvgIpc) is 3.10. The molecule has 1 saturated carbocycles. The van der Waals surface area contributed by atoms with E-state index >= 15 is 0 Å². The van der Waals surface area contributed by atoms with E-state index in [0.29, 0.717) is 11.5 Å². The molecule has 3 nitrogen and oxygen atoms in total. The van der Waals surface area contributed by atoms with Crippen LogP contribution in [0.3, 0.4) is 0 Å². The molecule has 100 valence electrons. The fourth-order valence-electron chi connectivity index (χ4n) is 2.31. The van der Waals surface area contributed by atoms with Crippen molar-refractivity contribution in [1.82, 2.24) is 9.78 Å². The van der Waals surface area contributed by atoms with Crippen molar-refractivity contribution in [2.24, 2.45) is 5.73 Å². The SMILES string of the molecule is Cc1cc(-n2ccc(C3CC3)n2)c([C@H](C)N)cc1F. The van der Waals surface area contributed by atoms with Gasteiger partial charge in [-0.2, -0.15) is 5.10 Å². The van der Waals surface area contributed by atoms with Crippen molar-refractivity contribution in [3.05, 3.63) is 47.0 Å². The maximum atomic E-state index is 13.7. The van der Waals surface area contributed by atoms with Crippen LogP contribution in [0.2, 0.25) is 0 Å². The third-order valence-corrected chi connectivity index (χ3v) is 3.65. The van der Waals surface area contributed by atoms with Crippen molar-refractivity contribution in [2.75, 3.05) is 0 Å². The van der Waals surface area contributed by atoms with Gasteiger partial charge in [-0.1, -0.05) is 0 Å². The standard InChI is InChI=1S/C15H18FN3/c1-9-7-15(12(10(2)17)8-13(9)16)19-6-5-14(18-19)11-3-4-11/h5-8,10-11H,3-4,17H2,1-2H3/t10-/m0/s1. The molecular formula is C15H18FN3. The first-order valence-corrected chi connectivity index (χ1v) is 6.68. The lowest BCUT2D eigenvalue weighted by atomic mass is 10.0. The monoisotopic (exact) mass is 259 g/mol. The highest BCUT2D eigenvalue weighted by atomic mass is 19.1. The molecule has 0 saturated heterocycles. The molecule has 1 heterocycles. The molecule has 1 aliphatic rings. The van der Waals surface area contributed by atoms with Crippen molar-refractivity contribution in [1.29, 1.82) is 0 Å². The summed E-state index contributed by atoms with van der Waals surface area (Å²) in [4.78, 5) is 0. The molecule has 3 rings (SSSR count). The zero-order valence-electron chi connectivity index (χ0n) is 11.2. The van der Waals surface area contributed by atoms with Gasteiger partial charge >= 0.3 is 0 Å². The number of halogens is 1. The third kappa shape index (κ3) is 2.28. The van der Waals surface area contributed by atoms with Crippen LogP contribution in [0.1, 0.15) is 48.5 Å². The summed E-state index contributed by atoms with van der Waals surface area (Å²) in [5.41, 5.74) is 9.34. The topological polar surface area (TPSA) is 43.8 Å². The number of nitrogens with two attached hydrogens (primary N) is 1. The molecule has 0 spiro atoms. The van der Waals surface area contributed by atoms with Crippen molar-refractivity contribution in [3.63, 3.8) is 0 Å². The molecule has 0 amide bonds. The number of hydrogen-bond donors (Lipinski definition) is 1. The summed E-state index contributed by atoms with van der Waals surface area (Å²) >= 11 is 0. The van der Waals surface area contributed by atoms with E-state index in [2.05, 4.69) is 5.10 Å². The molecular weight excluding hydrogens is 241 g/mol. The van der Waals surface area contributed by atoms with Crippen LogP contribution in [0.25, 0.3) is 5.69 Å². The summed E-state index contributed by atoms with van der Waals surface area (Å²) in [6.45, 7) is 3.62. The predicted molar refractivity (Wildman–Crippen MR) is 72.8 cm³/mol. The molecule has 0 bridgehead atoms. The first-order chi connectivity index (χ1) is 9.06. The zero-order chi connectivity index (χ0) is 13.6. The lowest BCUT2D eigenvalue weighted by molar-refractivity contribution is 0.611. The Hall–Kier alpha value is -1.68. The molecule has 4 heteroatoms. The minimum absolute atomic E-state index is 0.217. The predicted octanol–water partition coefficient (Wildman–Crippen LogP) is 3.22. The average molecular weight is 259 g/mol. The number of nitrogens with zero attached hydrogens (tertiary/aromatic N) is 2. The van der Waals surface area contributed by atoms with Gasteiger partial charge in [-0.25, -0.2) is 9.07 Å². The van der Waals surface area contributed by atoms with Gasteiger partial charge in [-0.3, -0.25) is 0 Å². The summed E-state index contributed by atoms with van der Waals surface area (Å²) < 4.78 is 15.5. The highest BCUT2D eigenvalue weighted by molar-refractivity contribution is 5.45. The van der Waals surface area contributed by atoms with Crippen LogP contribution in [-0.4, -0.2) is 9.78 Å². The van der Waals surface area contributed by atoms with Crippen LogP contribution < -0.4 is 5.73 Å². The third-order valence-electron chi connectivity index (χ3n) is 3.65. The molecule has 1 atom stereocenters. The van der Waals surface area contributed by atoms with E-state index in [0.717, 1.165) is 16.9 Å². The van der Waals surface area contributed by atoms with Gasteiger partial charge in [0.05, 0.1) is 11.4 Å². The largest absolute Gasteiger partial charge is 0.324 e. The van der Waals surface area contributed by atoms with E-state index < -0.39 is 0 Å². The normalized spacial score (nSPS) is 16.6. The lowest BCUT2D eigenvalue weighted by Gasteiger charge is -2.14. The van der Waals surface area contributed by atoms with E-state index in [-0.39, 0.29) is 11.9 Å². The molecule has 2 aromatic rings. The Kier molecular flexibility index (Phi) is 2.90. The Morgan fingerprint density at radius 3 is 2.79 bits per heavy atom. The van der Waals surface area contributed by atoms with E-state index in [9.17, 15) is 4.39 Å². The highest BCUT2D eigenvalue weighted by Gasteiger charge is 2.26. The fraction of sp³-hybridized carbons (Fsp3) is 0.400. The molecule has 1 aromatic carbocycles. The molecule has 0 unspecified atom stereocenters. The van der Waals surface area contributed by atoms with Gasteiger partial charge in [0, 0.05) is 18.2 Å². The molecule has 1 fully saturated rings. The van der Waals surface area contributed by atoms with Crippen molar-refractivity contribution >= 4 is 0 Å². The molecule has 1 aromatic heterocycles. The number of benzene rings is 1. The van der Waals surface area contributed by atoms with Gasteiger partial charge in [-0.05, 0) is 56.0 Å². The van der Waals surface area contributed by atoms with Gasteiger partial charge in [0.15, 0.2) is 0 Å². The minimum Gasteiger partial charge on any atom is -0.324 e. The van der Waals surface area contributed by atoms with E-state index in [1.165, 1.54) is 18.9 Å². The van der Waals surface area contributed by atoms with E-state index in [4.69, 9.17) is 5.73 Å². The summed E-state index contributed by atoms with van der Waals surface area (Å²) in [5, 5.41) is 4.59. The van der Waals surface area contributed by atoms with Crippen molar-refractivity contribution in [2.45, 2.75) is 38.6 Å². The van der Waals surface area contributed by atoms with Crippen LogP contribution in [-0.2, 0) is 0 Å². The first kappa shape index (κ1) is 12.4. The molecule has 2 N–H and O–H groups in total. The van der Waals surface area contributed by atoms with Gasteiger partial charge in [0.25, 0.3) is 0 Å². The Balaban J connectivity index is 2.08. The van der Waals surface area contributed by atoms with Gasteiger partial charge in [-0.15, -0.1) is 0 Å². The van der Waals surface area contributed by atoms with Crippen molar-refractivity contribution < 1.29 is 4.39 Å². The number of aryl methyl sites for hydroxylation is 1. The lowest BCUT2D eigenvalue weighted by Crippen LogP contribution is -2.11. The number of rotatable bonds is 3. The van der Waals surface area contributed by atoms with Gasteiger partial charge < -0.3 is 5.73 Å². The smallest absolute Gasteiger partial charge is 0.126 e. The fourth-order valence-corrected chi connectivity index (χ4v) is 2.31. The van der Waals surface area contributed by atoms with E-state index in [1.807, 2.05) is 29.9 Å². The summed E-state index contributed by atoms with van der Waals surface area (Å²) in [6, 6.07) is 5.16.